The third-order valence-electron chi connectivity index (χ3n) is 3.32. The van der Waals surface area contributed by atoms with Crippen molar-refractivity contribution < 1.29 is 4.79 Å². The Morgan fingerprint density at radius 1 is 1.41 bits per heavy atom. The van der Waals surface area contributed by atoms with E-state index >= 15 is 0 Å². The molecule has 0 aromatic heterocycles. The lowest BCUT2D eigenvalue weighted by Crippen LogP contribution is -2.30. The van der Waals surface area contributed by atoms with Gasteiger partial charge in [-0.25, -0.2) is 0 Å². The second kappa shape index (κ2) is 5.32. The zero-order valence-electron chi connectivity index (χ0n) is 10.4. The van der Waals surface area contributed by atoms with E-state index in [1.54, 1.807) is 0 Å². The van der Waals surface area contributed by atoms with Crippen molar-refractivity contribution in [3.63, 3.8) is 0 Å². The highest BCUT2D eigenvalue weighted by Crippen LogP contribution is 2.18. The topological polar surface area (TPSA) is 46.3 Å². The zero-order chi connectivity index (χ0) is 12.3. The molecule has 92 valence electrons. The molecule has 1 saturated heterocycles. The highest BCUT2D eigenvalue weighted by Gasteiger charge is 2.20. The van der Waals surface area contributed by atoms with Crippen LogP contribution in [0.25, 0.3) is 0 Å². The fourth-order valence-electron chi connectivity index (χ4n) is 2.30. The molecule has 17 heavy (non-hydrogen) atoms. The SMILES string of the molecule is Cc1cccc(C(N)CC(=O)N2CCCC2)c1. The standard InChI is InChI=1S/C14H20N2O/c1-11-5-4-6-12(9-11)13(15)10-14(17)16-7-2-3-8-16/h4-6,9,13H,2-3,7-8,10,15H2,1H3. The Morgan fingerprint density at radius 3 is 2.76 bits per heavy atom. The van der Waals surface area contributed by atoms with E-state index in [0.717, 1.165) is 31.5 Å². The van der Waals surface area contributed by atoms with Crippen LogP contribution in [0.2, 0.25) is 0 Å². The van der Waals surface area contributed by atoms with Gasteiger partial charge in [0.15, 0.2) is 0 Å². The van der Waals surface area contributed by atoms with Gasteiger partial charge in [0, 0.05) is 25.6 Å². The van der Waals surface area contributed by atoms with E-state index in [1.807, 2.05) is 30.0 Å². The van der Waals surface area contributed by atoms with Gasteiger partial charge >= 0.3 is 0 Å². The number of carbonyl (C=O) groups is 1. The average Bonchev–Trinajstić information content (AvgIpc) is 2.82. The third-order valence-corrected chi connectivity index (χ3v) is 3.32. The number of likely N-dealkylation sites (tertiary alicyclic amines) is 1. The first kappa shape index (κ1) is 12.1. The van der Waals surface area contributed by atoms with Crippen molar-refractivity contribution >= 4 is 5.91 Å². The minimum absolute atomic E-state index is 0.178. The normalized spacial score (nSPS) is 17.2. The summed E-state index contributed by atoms with van der Waals surface area (Å²) in [4.78, 5) is 13.9. The summed E-state index contributed by atoms with van der Waals surface area (Å²) in [5.41, 5.74) is 8.32. The maximum absolute atomic E-state index is 12.0. The van der Waals surface area contributed by atoms with E-state index in [9.17, 15) is 4.79 Å². The average molecular weight is 232 g/mol. The summed E-state index contributed by atoms with van der Waals surface area (Å²) in [5, 5.41) is 0. The van der Waals surface area contributed by atoms with Crippen LogP contribution in [0.5, 0.6) is 0 Å². The molecule has 0 radical (unpaired) electrons. The van der Waals surface area contributed by atoms with Gasteiger partial charge < -0.3 is 10.6 Å². The summed E-state index contributed by atoms with van der Waals surface area (Å²) in [6.45, 7) is 3.84. The van der Waals surface area contributed by atoms with Crippen molar-refractivity contribution in [3.8, 4) is 0 Å². The van der Waals surface area contributed by atoms with E-state index in [1.165, 1.54) is 5.56 Å². The molecular weight excluding hydrogens is 212 g/mol. The summed E-state index contributed by atoms with van der Waals surface area (Å²) < 4.78 is 0. The van der Waals surface area contributed by atoms with Crippen LogP contribution in [0.15, 0.2) is 24.3 Å². The minimum atomic E-state index is -0.178. The Labute approximate surface area is 103 Å². The van der Waals surface area contributed by atoms with Crippen LogP contribution in [0.3, 0.4) is 0 Å². The van der Waals surface area contributed by atoms with Gasteiger partial charge in [-0.15, -0.1) is 0 Å². The molecule has 1 aromatic carbocycles. The number of amides is 1. The number of carbonyl (C=O) groups excluding carboxylic acids is 1. The number of aryl methyl sites for hydroxylation is 1. The molecule has 1 atom stereocenters. The van der Waals surface area contributed by atoms with Gasteiger partial charge in [0.25, 0.3) is 0 Å². The van der Waals surface area contributed by atoms with Crippen LogP contribution >= 0.6 is 0 Å². The van der Waals surface area contributed by atoms with Crippen LogP contribution in [0, 0.1) is 6.92 Å². The van der Waals surface area contributed by atoms with Crippen LogP contribution < -0.4 is 5.73 Å². The highest BCUT2D eigenvalue weighted by atomic mass is 16.2. The molecule has 0 bridgehead atoms. The molecule has 1 aliphatic rings. The van der Waals surface area contributed by atoms with E-state index in [4.69, 9.17) is 5.73 Å². The summed E-state index contributed by atoms with van der Waals surface area (Å²) in [7, 11) is 0. The van der Waals surface area contributed by atoms with Gasteiger partial charge in [0.1, 0.15) is 0 Å². The molecule has 3 heteroatoms. The first-order chi connectivity index (χ1) is 8.16. The van der Waals surface area contributed by atoms with Gasteiger partial charge in [-0.2, -0.15) is 0 Å². The van der Waals surface area contributed by atoms with Crippen molar-refractivity contribution in [2.75, 3.05) is 13.1 Å². The smallest absolute Gasteiger partial charge is 0.224 e. The quantitative estimate of drug-likeness (QED) is 0.866. The van der Waals surface area contributed by atoms with Crippen molar-refractivity contribution in [3.05, 3.63) is 35.4 Å². The molecule has 1 fully saturated rings. The van der Waals surface area contributed by atoms with E-state index in [-0.39, 0.29) is 11.9 Å². The van der Waals surface area contributed by atoms with Gasteiger partial charge in [0.2, 0.25) is 5.91 Å². The number of nitrogens with two attached hydrogens (primary N) is 1. The zero-order valence-corrected chi connectivity index (χ0v) is 10.4. The molecule has 2 N–H and O–H groups in total. The second-order valence-corrected chi connectivity index (χ2v) is 4.81. The summed E-state index contributed by atoms with van der Waals surface area (Å²) in [5.74, 6) is 0.191. The lowest BCUT2D eigenvalue weighted by molar-refractivity contribution is -0.130. The van der Waals surface area contributed by atoms with Crippen LogP contribution in [-0.2, 0) is 4.79 Å². The molecule has 1 unspecified atom stereocenters. The number of hydrogen-bond donors (Lipinski definition) is 1. The minimum Gasteiger partial charge on any atom is -0.343 e. The maximum Gasteiger partial charge on any atom is 0.224 e. The first-order valence-corrected chi connectivity index (χ1v) is 6.27. The number of benzene rings is 1. The number of rotatable bonds is 3. The Balaban J connectivity index is 1.96. The third kappa shape index (κ3) is 3.07. The molecule has 1 aromatic rings. The summed E-state index contributed by atoms with van der Waals surface area (Å²) >= 11 is 0. The summed E-state index contributed by atoms with van der Waals surface area (Å²) in [6.07, 6.45) is 2.68. The molecule has 0 saturated carbocycles. The van der Waals surface area contributed by atoms with Gasteiger partial charge in [-0.3, -0.25) is 4.79 Å². The van der Waals surface area contributed by atoms with Gasteiger partial charge in [-0.05, 0) is 25.3 Å². The number of nitrogens with zero attached hydrogens (tertiary/aromatic N) is 1. The predicted octanol–water partition coefficient (Wildman–Crippen LogP) is 2.01. The molecular formula is C14H20N2O. The Hall–Kier alpha value is -1.35. The van der Waals surface area contributed by atoms with Crippen molar-refractivity contribution in [1.29, 1.82) is 0 Å². The van der Waals surface area contributed by atoms with Crippen LogP contribution in [0.1, 0.15) is 36.4 Å². The Bertz CT molecular complexity index is 397. The molecule has 2 rings (SSSR count). The van der Waals surface area contributed by atoms with E-state index in [0.29, 0.717) is 6.42 Å². The van der Waals surface area contributed by atoms with Crippen LogP contribution in [0.4, 0.5) is 0 Å². The Kier molecular flexibility index (Phi) is 3.79. The molecule has 0 spiro atoms. The monoisotopic (exact) mass is 232 g/mol. The molecule has 1 heterocycles. The largest absolute Gasteiger partial charge is 0.343 e. The molecule has 1 amide bonds. The van der Waals surface area contributed by atoms with Crippen molar-refractivity contribution in [1.82, 2.24) is 4.90 Å². The fourth-order valence-corrected chi connectivity index (χ4v) is 2.30. The fraction of sp³-hybridized carbons (Fsp3) is 0.500. The van der Waals surface area contributed by atoms with E-state index in [2.05, 4.69) is 6.07 Å². The number of hydrogen-bond acceptors (Lipinski definition) is 2. The van der Waals surface area contributed by atoms with Crippen LogP contribution in [-0.4, -0.2) is 23.9 Å². The second-order valence-electron chi connectivity index (χ2n) is 4.81. The predicted molar refractivity (Wildman–Crippen MR) is 68.5 cm³/mol. The van der Waals surface area contributed by atoms with Crippen molar-refractivity contribution in [2.24, 2.45) is 5.73 Å². The Morgan fingerprint density at radius 2 is 2.12 bits per heavy atom. The lowest BCUT2D eigenvalue weighted by atomic mass is 10.0. The van der Waals surface area contributed by atoms with Crippen molar-refractivity contribution in [2.45, 2.75) is 32.2 Å². The molecule has 3 nitrogen and oxygen atoms in total. The summed E-state index contributed by atoms with van der Waals surface area (Å²) in [6, 6.07) is 7.91. The molecule has 1 aliphatic heterocycles. The first-order valence-electron chi connectivity index (χ1n) is 6.27. The maximum atomic E-state index is 12.0. The van der Waals surface area contributed by atoms with E-state index < -0.39 is 0 Å². The molecule has 0 aliphatic carbocycles. The van der Waals surface area contributed by atoms with Gasteiger partial charge in [-0.1, -0.05) is 29.8 Å². The van der Waals surface area contributed by atoms with Gasteiger partial charge in [0.05, 0.1) is 0 Å². The highest BCUT2D eigenvalue weighted by molar-refractivity contribution is 5.77. The lowest BCUT2D eigenvalue weighted by Gasteiger charge is -2.18.